The first-order valence-electron chi connectivity index (χ1n) is 13.1. The third-order valence-electron chi connectivity index (χ3n) is 5.96. The third kappa shape index (κ3) is 9.12. The van der Waals surface area contributed by atoms with Gasteiger partial charge in [0, 0.05) is 18.3 Å². The number of hydrogen-bond acceptors (Lipinski definition) is 6. The van der Waals surface area contributed by atoms with Crippen molar-refractivity contribution in [2.24, 2.45) is 0 Å². The van der Waals surface area contributed by atoms with Gasteiger partial charge < -0.3 is 29.2 Å². The number of alkyl carbamates (subject to hydrolysis) is 1. The summed E-state index contributed by atoms with van der Waals surface area (Å²) >= 11 is 0. The Morgan fingerprint density at radius 2 is 1.82 bits per heavy atom. The third-order valence-corrected chi connectivity index (χ3v) is 7.93. The quantitative estimate of drug-likeness (QED) is 0.207. The van der Waals surface area contributed by atoms with Crippen LogP contribution in [0.5, 0.6) is 11.5 Å². The van der Waals surface area contributed by atoms with Crippen molar-refractivity contribution in [3.05, 3.63) is 53.6 Å². The maximum absolute atomic E-state index is 15.1. The molecule has 40 heavy (non-hydrogen) atoms. The molecule has 0 spiro atoms. The Bertz CT molecular complexity index is 1380. The number of rotatable bonds is 11. The molecule has 0 saturated heterocycles. The molecule has 2 aromatic heterocycles. The zero-order valence-corrected chi connectivity index (χ0v) is 25.5. The van der Waals surface area contributed by atoms with Crippen LogP contribution in [0.3, 0.4) is 0 Å². The molecule has 0 saturated carbocycles. The number of amides is 1. The molecule has 3 rings (SSSR count). The van der Waals surface area contributed by atoms with Gasteiger partial charge >= 0.3 is 12.1 Å². The number of aromatic nitrogens is 2. The number of carboxylic acids is 1. The molecule has 11 heteroatoms. The molecule has 0 fully saturated rings. The van der Waals surface area contributed by atoms with Crippen molar-refractivity contribution >= 4 is 32.3 Å². The Balaban J connectivity index is 1.73. The summed E-state index contributed by atoms with van der Waals surface area (Å²) in [6.07, 6.45) is 9.85. The highest BCUT2D eigenvalue weighted by atomic mass is 32.3. The Hall–Kier alpha value is -3.31. The lowest BCUT2D eigenvalue weighted by atomic mass is 10.1. The predicted molar refractivity (Wildman–Crippen MR) is 159 cm³/mol. The molecule has 0 aliphatic carbocycles. The minimum atomic E-state index is -1.66. The summed E-state index contributed by atoms with van der Waals surface area (Å²) in [6, 6.07) is 6.49. The van der Waals surface area contributed by atoms with E-state index < -0.39 is 38.7 Å². The molecule has 0 aliphatic rings. The van der Waals surface area contributed by atoms with Gasteiger partial charge in [0.1, 0.15) is 29.8 Å². The summed E-state index contributed by atoms with van der Waals surface area (Å²) in [5, 5.41) is 12.6. The van der Waals surface area contributed by atoms with Gasteiger partial charge in [0.2, 0.25) is 0 Å². The van der Waals surface area contributed by atoms with E-state index in [-0.39, 0.29) is 12.2 Å². The summed E-state index contributed by atoms with van der Waals surface area (Å²) in [5.74, 6) is -0.492. The van der Waals surface area contributed by atoms with Gasteiger partial charge in [-0.2, -0.15) is 0 Å². The van der Waals surface area contributed by atoms with Crippen LogP contribution in [0.25, 0.3) is 11.0 Å². The number of benzene rings is 1. The second-order valence-corrected chi connectivity index (χ2v) is 21.4. The van der Waals surface area contributed by atoms with Crippen LogP contribution >= 0.6 is 9.16 Å². The summed E-state index contributed by atoms with van der Waals surface area (Å²) in [4.78, 5) is 28.2. The van der Waals surface area contributed by atoms with Crippen molar-refractivity contribution in [1.29, 1.82) is 0 Å². The summed E-state index contributed by atoms with van der Waals surface area (Å²) < 4.78 is 34.1. The lowest BCUT2D eigenvalue weighted by Gasteiger charge is -2.46. The fraction of sp³-hybridized carbons (Fsp3) is 0.483. The van der Waals surface area contributed by atoms with E-state index in [1.807, 2.05) is 17.6 Å². The van der Waals surface area contributed by atoms with Crippen molar-refractivity contribution < 1.29 is 33.3 Å². The highest BCUT2D eigenvalue weighted by Gasteiger charge is 2.25. The van der Waals surface area contributed by atoms with E-state index in [9.17, 15) is 14.7 Å². The summed E-state index contributed by atoms with van der Waals surface area (Å²) in [6.45, 7) is 7.98. The molecule has 2 N–H and O–H groups in total. The van der Waals surface area contributed by atoms with Crippen LogP contribution in [0.2, 0.25) is 0 Å². The monoisotopic (exact) mass is 579 g/mol. The topological polar surface area (TPSA) is 112 Å². The van der Waals surface area contributed by atoms with E-state index in [4.69, 9.17) is 14.2 Å². The van der Waals surface area contributed by atoms with E-state index in [2.05, 4.69) is 35.3 Å². The number of carbonyl (C=O) groups excluding carboxylic acids is 1. The van der Waals surface area contributed by atoms with Crippen LogP contribution in [0.15, 0.2) is 36.5 Å². The minimum Gasteiger partial charge on any atom is -0.480 e. The fourth-order valence-electron chi connectivity index (χ4n) is 3.85. The first-order valence-corrected chi connectivity index (χ1v) is 17.3. The summed E-state index contributed by atoms with van der Waals surface area (Å²) in [7, 11) is -1.66. The van der Waals surface area contributed by atoms with E-state index in [0.717, 1.165) is 16.8 Å². The number of aryl methyl sites for hydroxylation is 1. The number of carbonyl (C=O) groups is 2. The number of nitrogens with zero attached hydrogens (tertiary/aromatic N) is 2. The standard InChI is InChI=1S/C29H42FN3O6S/c1-19-15-21-24(11-12-31-26(21)33(19)18-37-13-14-40(5,6,7)8)38-25-10-9-20(16-22(25)30)17-23(27(34)35)32-28(36)39-29(2,3)4/h9-12,15-16,23,40H,13-14,17-18H2,1-8H3,(H,32,36)(H,34,35). The average molecular weight is 580 g/mol. The minimum absolute atomic E-state index is 0.0204. The molecular formula is C29H42FN3O6S. The Labute approximate surface area is 235 Å². The molecule has 222 valence electrons. The SMILES string of the molecule is Cc1cc2c(Oc3ccc(CC(NC(=O)OC(C)(C)C)C(=O)O)cc3F)ccnc2n1COCC[SH](C)(C)(C)C. The molecule has 1 atom stereocenters. The van der Waals surface area contributed by atoms with E-state index in [1.54, 1.807) is 39.1 Å². The van der Waals surface area contributed by atoms with Gasteiger partial charge in [-0.15, -0.1) is 0 Å². The molecule has 1 aromatic carbocycles. The van der Waals surface area contributed by atoms with Crippen LogP contribution in [-0.4, -0.2) is 75.7 Å². The Kier molecular flexibility index (Phi) is 9.10. The van der Waals surface area contributed by atoms with Gasteiger partial charge in [-0.25, -0.2) is 19.0 Å². The maximum atomic E-state index is 15.1. The lowest BCUT2D eigenvalue weighted by Crippen LogP contribution is -2.44. The average Bonchev–Trinajstić information content (AvgIpc) is 3.11. The molecule has 1 unspecified atom stereocenters. The molecule has 0 radical (unpaired) electrons. The number of halogens is 1. The highest BCUT2D eigenvalue weighted by Crippen LogP contribution is 2.54. The van der Waals surface area contributed by atoms with Crippen molar-refractivity contribution in [2.75, 3.05) is 37.4 Å². The normalized spacial score (nSPS) is 13.9. The molecule has 1 amide bonds. The molecule has 0 aliphatic heterocycles. The van der Waals surface area contributed by atoms with Crippen LogP contribution in [0, 0.1) is 12.7 Å². The number of carboxylic acid groups (broad SMARTS) is 1. The van der Waals surface area contributed by atoms with Crippen molar-refractivity contribution in [2.45, 2.75) is 52.5 Å². The second-order valence-electron chi connectivity index (χ2n) is 13.1. The number of aliphatic carboxylic acids is 1. The zero-order valence-electron chi connectivity index (χ0n) is 24.6. The molecular weight excluding hydrogens is 537 g/mol. The highest BCUT2D eigenvalue weighted by molar-refractivity contribution is 8.47. The van der Waals surface area contributed by atoms with Crippen molar-refractivity contribution in [3.8, 4) is 11.5 Å². The predicted octanol–water partition coefficient (Wildman–Crippen LogP) is 5.36. The largest absolute Gasteiger partial charge is 0.480 e. The zero-order chi connectivity index (χ0) is 29.9. The van der Waals surface area contributed by atoms with Crippen LogP contribution in [0.4, 0.5) is 9.18 Å². The lowest BCUT2D eigenvalue weighted by molar-refractivity contribution is -0.139. The second kappa shape index (κ2) is 11.7. The molecule has 0 bridgehead atoms. The van der Waals surface area contributed by atoms with Gasteiger partial charge in [-0.1, -0.05) is 6.07 Å². The van der Waals surface area contributed by atoms with Crippen LogP contribution in [-0.2, 0) is 27.4 Å². The number of ether oxygens (including phenoxy) is 3. The van der Waals surface area contributed by atoms with Crippen molar-refractivity contribution in [1.82, 2.24) is 14.9 Å². The molecule has 2 heterocycles. The van der Waals surface area contributed by atoms with Crippen LogP contribution in [0.1, 0.15) is 32.0 Å². The molecule has 3 aromatic rings. The van der Waals surface area contributed by atoms with Crippen molar-refractivity contribution in [3.63, 3.8) is 0 Å². The van der Waals surface area contributed by atoms with Gasteiger partial charge in [0.25, 0.3) is 0 Å². The Morgan fingerprint density at radius 3 is 2.42 bits per heavy atom. The smallest absolute Gasteiger partial charge is 0.408 e. The van der Waals surface area contributed by atoms with E-state index >= 15 is 4.39 Å². The first kappa shape index (κ1) is 31.2. The van der Waals surface area contributed by atoms with Gasteiger partial charge in [0.05, 0.1) is 12.0 Å². The van der Waals surface area contributed by atoms with E-state index in [1.165, 1.54) is 12.1 Å². The van der Waals surface area contributed by atoms with Crippen LogP contribution < -0.4 is 10.1 Å². The molecule has 9 nitrogen and oxygen atoms in total. The first-order chi connectivity index (χ1) is 18.4. The number of fused-ring (bicyclic) bond motifs is 1. The van der Waals surface area contributed by atoms with E-state index in [0.29, 0.717) is 30.3 Å². The maximum Gasteiger partial charge on any atom is 0.408 e. The number of thiol groups is 1. The number of pyridine rings is 1. The fourth-order valence-corrected chi connectivity index (χ4v) is 4.70. The summed E-state index contributed by atoms with van der Waals surface area (Å²) in [5.41, 5.74) is 1.20. The van der Waals surface area contributed by atoms with Gasteiger partial charge in [-0.05, 0) is 88.3 Å². The number of hydrogen-bond donors (Lipinski definition) is 3. The van der Waals surface area contributed by atoms with Gasteiger partial charge in [0.15, 0.2) is 11.6 Å². The Morgan fingerprint density at radius 1 is 1.12 bits per heavy atom. The number of nitrogens with one attached hydrogen (secondary N) is 1. The van der Waals surface area contributed by atoms with Gasteiger partial charge in [-0.3, -0.25) is 9.16 Å².